The Morgan fingerprint density at radius 1 is 1.50 bits per heavy atom. The summed E-state index contributed by atoms with van der Waals surface area (Å²) in [5.74, 6) is -0.846. The number of carbonyl (C=O) groups is 2. The molecule has 0 atom stereocenters. The maximum Gasteiger partial charge on any atom is 0.335 e. The fourth-order valence-electron chi connectivity index (χ4n) is 0.966. The van der Waals surface area contributed by atoms with Crippen LogP contribution in [0.4, 0.5) is 0 Å². The van der Waals surface area contributed by atoms with Gasteiger partial charge < -0.3 is 15.2 Å². The number of halogens is 1. The fourth-order valence-corrected chi connectivity index (χ4v) is 1.46. The molecule has 0 aliphatic carbocycles. The number of carboxylic acid groups (broad SMARTS) is 1. The molecular weight excluding hydrogens is 278 g/mol. The molecule has 0 saturated carbocycles. The highest BCUT2D eigenvalue weighted by Crippen LogP contribution is 2.25. The molecule has 0 unspecified atom stereocenters. The van der Waals surface area contributed by atoms with Crippen molar-refractivity contribution in [3.63, 3.8) is 0 Å². The maximum atomic E-state index is 10.9. The predicted molar refractivity (Wildman–Crippen MR) is 60.7 cm³/mol. The Hall–Kier alpha value is -1.56. The molecule has 0 heterocycles. The van der Waals surface area contributed by atoms with Gasteiger partial charge in [0.2, 0.25) is 0 Å². The Labute approximate surface area is 101 Å². The van der Waals surface area contributed by atoms with Crippen molar-refractivity contribution < 1.29 is 19.4 Å². The summed E-state index contributed by atoms with van der Waals surface area (Å²) in [4.78, 5) is 21.6. The zero-order valence-electron chi connectivity index (χ0n) is 8.49. The number of aromatic carboxylic acids is 1. The largest absolute Gasteiger partial charge is 0.483 e. The van der Waals surface area contributed by atoms with Crippen molar-refractivity contribution in [3.8, 4) is 5.75 Å². The number of benzene rings is 1. The molecule has 0 saturated heterocycles. The third kappa shape index (κ3) is 3.23. The van der Waals surface area contributed by atoms with Gasteiger partial charge in [-0.15, -0.1) is 0 Å². The molecule has 0 radical (unpaired) electrons. The second-order valence-electron chi connectivity index (χ2n) is 2.91. The second-order valence-corrected chi connectivity index (χ2v) is 3.77. The lowest BCUT2D eigenvalue weighted by Crippen LogP contribution is -2.24. The molecule has 0 aliphatic heterocycles. The molecule has 1 aromatic carbocycles. The van der Waals surface area contributed by atoms with E-state index in [9.17, 15) is 9.59 Å². The summed E-state index contributed by atoms with van der Waals surface area (Å²) in [6, 6.07) is 4.32. The van der Waals surface area contributed by atoms with Crippen LogP contribution in [0.2, 0.25) is 0 Å². The third-order valence-electron chi connectivity index (χ3n) is 1.82. The molecule has 86 valence electrons. The summed E-state index contributed by atoms with van der Waals surface area (Å²) >= 11 is 3.17. The molecule has 5 nitrogen and oxygen atoms in total. The lowest BCUT2D eigenvalue weighted by atomic mass is 10.2. The van der Waals surface area contributed by atoms with Crippen molar-refractivity contribution in [1.82, 2.24) is 5.32 Å². The van der Waals surface area contributed by atoms with Gasteiger partial charge >= 0.3 is 5.97 Å². The maximum absolute atomic E-state index is 10.9. The Bertz CT molecular complexity index is 419. The minimum Gasteiger partial charge on any atom is -0.483 e. The van der Waals surface area contributed by atoms with Gasteiger partial charge in [0.1, 0.15) is 5.75 Å². The summed E-state index contributed by atoms with van der Waals surface area (Å²) in [6.07, 6.45) is 0. The molecule has 0 bridgehead atoms. The number of hydrogen-bond acceptors (Lipinski definition) is 3. The number of rotatable bonds is 4. The lowest BCUT2D eigenvalue weighted by molar-refractivity contribution is -0.122. The molecule has 16 heavy (non-hydrogen) atoms. The number of nitrogens with one attached hydrogen (secondary N) is 1. The van der Waals surface area contributed by atoms with Crippen LogP contribution in [0.1, 0.15) is 10.4 Å². The normalized spacial score (nSPS) is 9.62. The van der Waals surface area contributed by atoms with Gasteiger partial charge in [-0.3, -0.25) is 4.79 Å². The number of likely N-dealkylation sites (N-methyl/N-ethyl adjacent to an activating group) is 1. The van der Waals surface area contributed by atoms with Gasteiger partial charge in [0.25, 0.3) is 5.91 Å². The highest BCUT2D eigenvalue weighted by Gasteiger charge is 2.08. The van der Waals surface area contributed by atoms with Gasteiger partial charge in [-0.2, -0.15) is 0 Å². The van der Waals surface area contributed by atoms with E-state index in [0.717, 1.165) is 0 Å². The van der Waals surface area contributed by atoms with Gasteiger partial charge in [0.05, 0.1) is 10.0 Å². The average Bonchev–Trinajstić information content (AvgIpc) is 2.26. The van der Waals surface area contributed by atoms with E-state index in [1.54, 1.807) is 0 Å². The van der Waals surface area contributed by atoms with E-state index < -0.39 is 5.97 Å². The van der Waals surface area contributed by atoms with Crippen molar-refractivity contribution >= 4 is 27.8 Å². The first-order chi connectivity index (χ1) is 7.54. The zero-order valence-corrected chi connectivity index (χ0v) is 10.1. The highest BCUT2D eigenvalue weighted by molar-refractivity contribution is 9.10. The van der Waals surface area contributed by atoms with Crippen LogP contribution in [0, 0.1) is 0 Å². The average molecular weight is 288 g/mol. The Morgan fingerprint density at radius 2 is 2.19 bits per heavy atom. The van der Waals surface area contributed by atoms with Gasteiger partial charge in [0.15, 0.2) is 6.61 Å². The van der Waals surface area contributed by atoms with E-state index in [0.29, 0.717) is 10.2 Å². The lowest BCUT2D eigenvalue weighted by Gasteiger charge is -2.07. The number of hydrogen-bond donors (Lipinski definition) is 2. The van der Waals surface area contributed by atoms with E-state index in [4.69, 9.17) is 9.84 Å². The first kappa shape index (κ1) is 12.5. The molecule has 2 N–H and O–H groups in total. The van der Waals surface area contributed by atoms with Crippen LogP contribution in [-0.4, -0.2) is 30.6 Å². The quantitative estimate of drug-likeness (QED) is 0.875. The molecular formula is C10H10BrNO4. The van der Waals surface area contributed by atoms with Crippen molar-refractivity contribution in [2.45, 2.75) is 0 Å². The van der Waals surface area contributed by atoms with Crippen LogP contribution in [0.3, 0.4) is 0 Å². The molecule has 0 fully saturated rings. The Morgan fingerprint density at radius 3 is 2.69 bits per heavy atom. The first-order valence-corrected chi connectivity index (χ1v) is 5.20. The SMILES string of the molecule is CNC(=O)COc1ccc(C(=O)O)cc1Br. The van der Waals surface area contributed by atoms with Gasteiger partial charge in [0, 0.05) is 7.05 Å². The van der Waals surface area contributed by atoms with Crippen molar-refractivity contribution in [1.29, 1.82) is 0 Å². The van der Waals surface area contributed by atoms with E-state index in [-0.39, 0.29) is 18.1 Å². The smallest absolute Gasteiger partial charge is 0.335 e. The summed E-state index contributed by atoms with van der Waals surface area (Å²) in [5.41, 5.74) is 0.152. The van der Waals surface area contributed by atoms with Crippen LogP contribution >= 0.6 is 15.9 Å². The van der Waals surface area contributed by atoms with Crippen LogP contribution in [-0.2, 0) is 4.79 Å². The van der Waals surface area contributed by atoms with E-state index in [1.165, 1.54) is 25.2 Å². The Balaban J connectivity index is 2.75. The summed E-state index contributed by atoms with van der Waals surface area (Å²) in [5, 5.41) is 11.1. The summed E-state index contributed by atoms with van der Waals surface area (Å²) < 4.78 is 5.67. The first-order valence-electron chi connectivity index (χ1n) is 4.41. The number of carboxylic acids is 1. The van der Waals surface area contributed by atoms with Gasteiger partial charge in [-0.25, -0.2) is 4.79 Å². The van der Waals surface area contributed by atoms with Crippen molar-refractivity contribution in [3.05, 3.63) is 28.2 Å². The molecule has 1 rings (SSSR count). The molecule has 0 aromatic heterocycles. The summed E-state index contributed by atoms with van der Waals surface area (Å²) in [7, 11) is 1.51. The predicted octanol–water partition coefficient (Wildman–Crippen LogP) is 1.27. The molecule has 1 aromatic rings. The minimum atomic E-state index is -1.02. The number of ether oxygens (including phenoxy) is 1. The van der Waals surface area contributed by atoms with Crippen LogP contribution in [0.5, 0.6) is 5.75 Å². The van der Waals surface area contributed by atoms with Crippen molar-refractivity contribution in [2.24, 2.45) is 0 Å². The van der Waals surface area contributed by atoms with Crippen LogP contribution < -0.4 is 10.1 Å². The third-order valence-corrected chi connectivity index (χ3v) is 2.44. The molecule has 6 heteroatoms. The number of amides is 1. The van der Waals surface area contributed by atoms with Gasteiger partial charge in [-0.1, -0.05) is 0 Å². The Kier molecular flexibility index (Phi) is 4.30. The standard InChI is InChI=1S/C10H10BrNO4/c1-12-9(13)5-16-8-3-2-6(10(14)15)4-7(8)11/h2-4H,5H2,1H3,(H,12,13)(H,14,15). The molecule has 1 amide bonds. The van der Waals surface area contributed by atoms with E-state index in [2.05, 4.69) is 21.2 Å². The fraction of sp³-hybridized carbons (Fsp3) is 0.200. The van der Waals surface area contributed by atoms with E-state index in [1.807, 2.05) is 0 Å². The second kappa shape index (κ2) is 5.50. The monoisotopic (exact) mass is 287 g/mol. The molecule has 0 aliphatic rings. The topological polar surface area (TPSA) is 75.6 Å². The van der Waals surface area contributed by atoms with Crippen LogP contribution in [0.15, 0.2) is 22.7 Å². The number of carbonyl (C=O) groups excluding carboxylic acids is 1. The van der Waals surface area contributed by atoms with Crippen molar-refractivity contribution in [2.75, 3.05) is 13.7 Å². The van der Waals surface area contributed by atoms with Gasteiger partial charge in [-0.05, 0) is 34.1 Å². The molecule has 0 spiro atoms. The highest BCUT2D eigenvalue weighted by atomic mass is 79.9. The van der Waals surface area contributed by atoms with Crippen LogP contribution in [0.25, 0.3) is 0 Å². The van der Waals surface area contributed by atoms with E-state index >= 15 is 0 Å². The minimum absolute atomic E-state index is 0.110. The zero-order chi connectivity index (χ0) is 12.1. The summed E-state index contributed by atoms with van der Waals surface area (Å²) in [6.45, 7) is -0.110.